The molecule has 5 nitrogen and oxygen atoms in total. The van der Waals surface area contributed by atoms with Crippen LogP contribution in [0, 0.1) is 0 Å². The normalized spacial score (nSPS) is 13.9. The number of carbonyl (C=O) groups is 2. The number of benzene rings is 1. The molecule has 2 heterocycles. The Balaban J connectivity index is 1.99. The van der Waals surface area contributed by atoms with E-state index in [1.807, 2.05) is 0 Å². The average molecular weight is 239 g/mol. The van der Waals surface area contributed by atoms with Gasteiger partial charge in [0.2, 0.25) is 0 Å². The van der Waals surface area contributed by atoms with Gasteiger partial charge in [0.25, 0.3) is 11.7 Å². The maximum Gasteiger partial charge on any atom is 0.299 e. The Morgan fingerprint density at radius 2 is 1.72 bits per heavy atom. The third-order valence-corrected chi connectivity index (χ3v) is 2.80. The Bertz CT molecular complexity index is 625. The highest BCUT2D eigenvalue weighted by molar-refractivity contribution is 6.52. The molecule has 1 amide bonds. The second-order valence-corrected chi connectivity index (χ2v) is 3.90. The van der Waals surface area contributed by atoms with E-state index in [4.69, 9.17) is 0 Å². The average Bonchev–Trinajstić information content (AvgIpc) is 2.66. The highest BCUT2D eigenvalue weighted by Crippen LogP contribution is 2.29. The number of Topliss-reactive ketones (excluding diaryl/α,β-unsaturated/α-hetero) is 1. The molecule has 0 N–H and O–H groups in total. The lowest BCUT2D eigenvalue weighted by Crippen LogP contribution is -2.29. The third-order valence-electron chi connectivity index (χ3n) is 2.80. The van der Waals surface area contributed by atoms with E-state index in [0.29, 0.717) is 17.1 Å². The van der Waals surface area contributed by atoms with Gasteiger partial charge in [-0.05, 0) is 18.2 Å². The number of hydrogen-bond donors (Lipinski definition) is 0. The van der Waals surface area contributed by atoms with Crippen LogP contribution in [0.3, 0.4) is 0 Å². The van der Waals surface area contributed by atoms with Crippen molar-refractivity contribution < 1.29 is 9.59 Å². The molecule has 0 spiro atoms. The second-order valence-electron chi connectivity index (χ2n) is 3.90. The number of hydrogen-bond acceptors (Lipinski definition) is 4. The molecule has 0 saturated carbocycles. The zero-order valence-corrected chi connectivity index (χ0v) is 9.41. The summed E-state index contributed by atoms with van der Waals surface area (Å²) in [4.78, 5) is 33.2. The fraction of sp³-hybridized carbons (Fsp3) is 0.0769. The summed E-state index contributed by atoms with van der Waals surface area (Å²) in [7, 11) is 0. The lowest BCUT2D eigenvalue weighted by atomic mass is 10.1. The van der Waals surface area contributed by atoms with Crippen LogP contribution < -0.4 is 4.90 Å². The lowest BCUT2D eigenvalue weighted by Gasteiger charge is -2.14. The summed E-state index contributed by atoms with van der Waals surface area (Å²) in [5, 5.41) is 0. The van der Waals surface area contributed by atoms with Crippen LogP contribution in [0.5, 0.6) is 0 Å². The van der Waals surface area contributed by atoms with Gasteiger partial charge in [0.1, 0.15) is 5.82 Å². The van der Waals surface area contributed by atoms with Crippen molar-refractivity contribution >= 4 is 17.4 Å². The van der Waals surface area contributed by atoms with Gasteiger partial charge in [-0.15, -0.1) is 0 Å². The van der Waals surface area contributed by atoms with Crippen molar-refractivity contribution in [2.45, 2.75) is 6.54 Å². The van der Waals surface area contributed by atoms with E-state index < -0.39 is 11.7 Å². The molecule has 0 unspecified atom stereocenters. The fourth-order valence-electron chi connectivity index (χ4n) is 1.96. The Morgan fingerprint density at radius 3 is 2.50 bits per heavy atom. The van der Waals surface area contributed by atoms with E-state index >= 15 is 0 Å². The van der Waals surface area contributed by atoms with E-state index in [1.54, 1.807) is 42.7 Å². The molecule has 0 saturated heterocycles. The molecule has 2 aromatic rings. The topological polar surface area (TPSA) is 63.2 Å². The molecule has 1 aromatic heterocycles. The van der Waals surface area contributed by atoms with Gasteiger partial charge < -0.3 is 0 Å². The number of para-hydroxylation sites is 1. The summed E-state index contributed by atoms with van der Waals surface area (Å²) in [5.74, 6) is -0.486. The van der Waals surface area contributed by atoms with E-state index in [-0.39, 0.29) is 6.54 Å². The molecule has 0 fully saturated rings. The molecule has 18 heavy (non-hydrogen) atoms. The Hall–Kier alpha value is -2.56. The molecule has 1 aliphatic heterocycles. The first-order valence-corrected chi connectivity index (χ1v) is 5.48. The predicted octanol–water partition coefficient (Wildman–Crippen LogP) is 1.21. The van der Waals surface area contributed by atoms with Crippen molar-refractivity contribution in [1.29, 1.82) is 0 Å². The highest BCUT2D eigenvalue weighted by Gasteiger charge is 2.35. The van der Waals surface area contributed by atoms with Crippen LogP contribution in [-0.4, -0.2) is 21.7 Å². The van der Waals surface area contributed by atoms with E-state index in [0.717, 1.165) is 0 Å². The maximum absolute atomic E-state index is 11.9. The smallest absolute Gasteiger partial charge is 0.297 e. The summed E-state index contributed by atoms with van der Waals surface area (Å²) >= 11 is 0. The second kappa shape index (κ2) is 4.03. The molecule has 5 heteroatoms. The summed E-state index contributed by atoms with van der Waals surface area (Å²) in [6.07, 6.45) is 3.22. The first-order chi connectivity index (χ1) is 8.77. The monoisotopic (exact) mass is 239 g/mol. The van der Waals surface area contributed by atoms with E-state index in [2.05, 4.69) is 9.97 Å². The van der Waals surface area contributed by atoms with Gasteiger partial charge in [-0.3, -0.25) is 14.5 Å². The molecule has 0 atom stereocenters. The van der Waals surface area contributed by atoms with Crippen molar-refractivity contribution in [2.75, 3.05) is 4.90 Å². The number of nitrogens with zero attached hydrogens (tertiary/aromatic N) is 3. The Kier molecular flexibility index (Phi) is 2.37. The predicted molar refractivity (Wildman–Crippen MR) is 64.0 cm³/mol. The van der Waals surface area contributed by atoms with E-state index in [1.165, 1.54) is 4.90 Å². The first-order valence-electron chi connectivity index (χ1n) is 5.48. The fourth-order valence-corrected chi connectivity index (χ4v) is 1.96. The van der Waals surface area contributed by atoms with Crippen LogP contribution in [-0.2, 0) is 11.3 Å². The minimum absolute atomic E-state index is 0.211. The van der Waals surface area contributed by atoms with Crippen molar-refractivity contribution in [3.8, 4) is 0 Å². The number of anilines is 1. The maximum atomic E-state index is 11.9. The molecule has 88 valence electrons. The molecule has 0 aliphatic carbocycles. The highest BCUT2D eigenvalue weighted by atomic mass is 16.2. The molecule has 1 aromatic carbocycles. The number of aromatic nitrogens is 2. The van der Waals surface area contributed by atoms with Crippen LogP contribution in [0.25, 0.3) is 0 Å². The van der Waals surface area contributed by atoms with Crippen LogP contribution in [0.1, 0.15) is 16.2 Å². The summed E-state index contributed by atoms with van der Waals surface area (Å²) in [6.45, 7) is 0.211. The minimum atomic E-state index is -0.524. The van der Waals surface area contributed by atoms with Crippen molar-refractivity contribution in [2.24, 2.45) is 0 Å². The molecular formula is C13H9N3O2. The number of rotatable bonds is 2. The quantitative estimate of drug-likeness (QED) is 0.739. The first kappa shape index (κ1) is 10.6. The Morgan fingerprint density at radius 1 is 1.00 bits per heavy atom. The standard InChI is InChI=1S/C13H9N3O2/c17-12-9-4-1-2-5-10(9)16(13(12)18)8-11-14-6-3-7-15-11/h1-7H,8H2. The van der Waals surface area contributed by atoms with Gasteiger partial charge in [0.15, 0.2) is 0 Å². The molecule has 0 radical (unpaired) electrons. The lowest BCUT2D eigenvalue weighted by molar-refractivity contribution is -0.114. The van der Waals surface area contributed by atoms with Crippen molar-refractivity contribution in [3.63, 3.8) is 0 Å². The number of ketones is 1. The van der Waals surface area contributed by atoms with Crippen molar-refractivity contribution in [3.05, 3.63) is 54.1 Å². The number of amides is 1. The van der Waals surface area contributed by atoms with Crippen molar-refractivity contribution in [1.82, 2.24) is 9.97 Å². The zero-order valence-electron chi connectivity index (χ0n) is 9.41. The van der Waals surface area contributed by atoms with E-state index in [9.17, 15) is 9.59 Å². The van der Waals surface area contributed by atoms with Gasteiger partial charge in [-0.1, -0.05) is 12.1 Å². The van der Waals surface area contributed by atoms with Gasteiger partial charge >= 0.3 is 0 Å². The molecule has 0 bridgehead atoms. The largest absolute Gasteiger partial charge is 0.299 e. The number of carbonyl (C=O) groups excluding carboxylic acids is 2. The molecule has 1 aliphatic rings. The van der Waals surface area contributed by atoms with Crippen LogP contribution >= 0.6 is 0 Å². The summed E-state index contributed by atoms with van der Waals surface area (Å²) in [6, 6.07) is 8.65. The van der Waals surface area contributed by atoms with Crippen LogP contribution in [0.2, 0.25) is 0 Å². The zero-order chi connectivity index (χ0) is 12.5. The SMILES string of the molecule is O=C1C(=O)N(Cc2ncccn2)c2ccccc21. The summed E-state index contributed by atoms with van der Waals surface area (Å²) in [5.41, 5.74) is 1.07. The molecular weight excluding hydrogens is 230 g/mol. The van der Waals surface area contributed by atoms with Crippen LogP contribution in [0.4, 0.5) is 5.69 Å². The van der Waals surface area contributed by atoms with Gasteiger partial charge in [0, 0.05) is 12.4 Å². The van der Waals surface area contributed by atoms with Gasteiger partial charge in [0.05, 0.1) is 17.8 Å². The third kappa shape index (κ3) is 1.57. The minimum Gasteiger partial charge on any atom is -0.297 e. The van der Waals surface area contributed by atoms with Crippen LogP contribution in [0.15, 0.2) is 42.7 Å². The van der Waals surface area contributed by atoms with Gasteiger partial charge in [-0.2, -0.15) is 0 Å². The summed E-state index contributed by atoms with van der Waals surface area (Å²) < 4.78 is 0. The molecule has 3 rings (SSSR count). The Labute approximate surface area is 103 Å². The number of fused-ring (bicyclic) bond motifs is 1. The van der Waals surface area contributed by atoms with Gasteiger partial charge in [-0.25, -0.2) is 9.97 Å².